The molecule has 0 saturated carbocycles. The number of ether oxygens (including phenoxy) is 2. The van der Waals surface area contributed by atoms with Crippen molar-refractivity contribution in [2.75, 3.05) is 7.11 Å². The molecule has 3 rings (SSSR count). The average molecular weight is 327 g/mol. The molecule has 0 atom stereocenters. The molecule has 0 bridgehead atoms. The molecule has 0 heterocycles. The second-order valence-corrected chi connectivity index (χ2v) is 5.50. The van der Waals surface area contributed by atoms with Gasteiger partial charge in [0.25, 0.3) is 0 Å². The zero-order valence-corrected chi connectivity index (χ0v) is 13.3. The molecule has 3 aromatic carbocycles. The third-order valence-electron chi connectivity index (χ3n) is 3.54. The van der Waals surface area contributed by atoms with Gasteiger partial charge in [-0.25, -0.2) is 0 Å². The maximum absolute atomic E-state index is 12.2. The molecule has 0 saturated heterocycles. The Labute approximate surface area is 139 Å². The summed E-state index contributed by atoms with van der Waals surface area (Å²) in [6.07, 6.45) is 0.175. The SMILES string of the molecule is COc1cccc(CC(=O)Oc2ccc(Cl)c3ccccc23)c1. The van der Waals surface area contributed by atoms with E-state index in [-0.39, 0.29) is 12.4 Å². The summed E-state index contributed by atoms with van der Waals surface area (Å²) < 4.78 is 10.7. The van der Waals surface area contributed by atoms with E-state index in [4.69, 9.17) is 21.1 Å². The number of esters is 1. The van der Waals surface area contributed by atoms with Crippen LogP contribution in [0.15, 0.2) is 60.7 Å². The molecular formula is C19H15ClO3. The van der Waals surface area contributed by atoms with E-state index in [9.17, 15) is 4.79 Å². The van der Waals surface area contributed by atoms with Crippen molar-refractivity contribution < 1.29 is 14.3 Å². The number of hydrogen-bond acceptors (Lipinski definition) is 3. The lowest BCUT2D eigenvalue weighted by atomic mass is 10.1. The summed E-state index contributed by atoms with van der Waals surface area (Å²) in [5, 5.41) is 2.31. The van der Waals surface area contributed by atoms with Crippen LogP contribution in [0.1, 0.15) is 5.56 Å². The summed E-state index contributed by atoms with van der Waals surface area (Å²) in [7, 11) is 1.59. The first-order valence-corrected chi connectivity index (χ1v) is 7.56. The first-order valence-electron chi connectivity index (χ1n) is 7.18. The highest BCUT2D eigenvalue weighted by Gasteiger charge is 2.11. The van der Waals surface area contributed by atoms with Crippen LogP contribution in [-0.2, 0) is 11.2 Å². The van der Waals surface area contributed by atoms with E-state index in [2.05, 4.69) is 0 Å². The number of carbonyl (C=O) groups is 1. The van der Waals surface area contributed by atoms with Crippen LogP contribution in [0.3, 0.4) is 0 Å². The molecule has 0 radical (unpaired) electrons. The Kier molecular flexibility index (Phi) is 4.49. The van der Waals surface area contributed by atoms with Gasteiger partial charge in [-0.05, 0) is 29.8 Å². The normalized spacial score (nSPS) is 10.5. The molecule has 0 spiro atoms. The first-order chi connectivity index (χ1) is 11.2. The van der Waals surface area contributed by atoms with Gasteiger partial charge in [0.05, 0.1) is 13.5 Å². The molecule has 116 valence electrons. The lowest BCUT2D eigenvalue weighted by Gasteiger charge is -2.09. The lowest BCUT2D eigenvalue weighted by molar-refractivity contribution is -0.133. The van der Waals surface area contributed by atoms with Gasteiger partial charge in [-0.15, -0.1) is 0 Å². The zero-order chi connectivity index (χ0) is 16.2. The van der Waals surface area contributed by atoms with Crippen molar-refractivity contribution in [2.45, 2.75) is 6.42 Å². The fraction of sp³-hybridized carbons (Fsp3) is 0.105. The maximum Gasteiger partial charge on any atom is 0.315 e. The molecule has 0 fully saturated rings. The minimum absolute atomic E-state index is 0.175. The standard InChI is InChI=1S/C19H15ClO3/c1-22-14-6-4-5-13(11-14)12-19(21)23-18-10-9-17(20)15-7-2-3-8-16(15)18/h2-11H,12H2,1H3. The summed E-state index contributed by atoms with van der Waals surface area (Å²) >= 11 is 6.17. The van der Waals surface area contributed by atoms with Crippen LogP contribution in [0.5, 0.6) is 11.5 Å². The van der Waals surface area contributed by atoms with Gasteiger partial charge in [0.2, 0.25) is 0 Å². The molecule has 0 aliphatic rings. The Hall–Kier alpha value is -2.52. The summed E-state index contributed by atoms with van der Waals surface area (Å²) in [5.74, 6) is 0.899. The van der Waals surface area contributed by atoms with Gasteiger partial charge in [-0.2, -0.15) is 0 Å². The fourth-order valence-corrected chi connectivity index (χ4v) is 2.66. The van der Waals surface area contributed by atoms with Crippen LogP contribution in [0.25, 0.3) is 10.8 Å². The van der Waals surface area contributed by atoms with Crippen molar-refractivity contribution >= 4 is 28.3 Å². The van der Waals surface area contributed by atoms with Crippen molar-refractivity contribution in [3.63, 3.8) is 0 Å². The van der Waals surface area contributed by atoms with Crippen LogP contribution in [-0.4, -0.2) is 13.1 Å². The summed E-state index contributed by atoms with van der Waals surface area (Å²) in [6, 6.07) is 18.4. The van der Waals surface area contributed by atoms with Gasteiger partial charge < -0.3 is 9.47 Å². The zero-order valence-electron chi connectivity index (χ0n) is 12.6. The van der Waals surface area contributed by atoms with Gasteiger partial charge in [0.15, 0.2) is 0 Å². The lowest BCUT2D eigenvalue weighted by Crippen LogP contribution is -2.11. The molecule has 3 nitrogen and oxygen atoms in total. The van der Waals surface area contributed by atoms with Crippen molar-refractivity contribution in [1.82, 2.24) is 0 Å². The van der Waals surface area contributed by atoms with Crippen molar-refractivity contribution in [3.8, 4) is 11.5 Å². The highest BCUT2D eigenvalue weighted by molar-refractivity contribution is 6.35. The third kappa shape index (κ3) is 3.46. The van der Waals surface area contributed by atoms with E-state index in [0.717, 1.165) is 16.3 Å². The number of rotatable bonds is 4. The van der Waals surface area contributed by atoms with E-state index in [1.165, 1.54) is 0 Å². The van der Waals surface area contributed by atoms with Gasteiger partial charge in [0, 0.05) is 15.8 Å². The highest BCUT2D eigenvalue weighted by Crippen LogP contribution is 2.31. The predicted octanol–water partition coefficient (Wildman–Crippen LogP) is 4.65. The molecule has 0 amide bonds. The molecular weight excluding hydrogens is 312 g/mol. The smallest absolute Gasteiger partial charge is 0.315 e. The van der Waals surface area contributed by atoms with Gasteiger partial charge in [-0.3, -0.25) is 4.79 Å². The highest BCUT2D eigenvalue weighted by atomic mass is 35.5. The molecule has 0 aliphatic heterocycles. The molecule has 3 aromatic rings. The van der Waals surface area contributed by atoms with Crippen LogP contribution < -0.4 is 9.47 Å². The monoisotopic (exact) mass is 326 g/mol. The van der Waals surface area contributed by atoms with Crippen molar-refractivity contribution in [3.05, 3.63) is 71.2 Å². The van der Waals surface area contributed by atoms with Gasteiger partial charge >= 0.3 is 5.97 Å². The minimum atomic E-state index is -0.328. The Bertz CT molecular complexity index is 858. The van der Waals surface area contributed by atoms with E-state index < -0.39 is 0 Å². The topological polar surface area (TPSA) is 35.5 Å². The van der Waals surface area contributed by atoms with E-state index in [1.54, 1.807) is 19.2 Å². The number of benzene rings is 3. The second-order valence-electron chi connectivity index (χ2n) is 5.09. The third-order valence-corrected chi connectivity index (χ3v) is 3.87. The number of fused-ring (bicyclic) bond motifs is 1. The maximum atomic E-state index is 12.2. The van der Waals surface area contributed by atoms with Crippen LogP contribution in [0.2, 0.25) is 5.02 Å². The summed E-state index contributed by atoms with van der Waals surface area (Å²) in [4.78, 5) is 12.2. The van der Waals surface area contributed by atoms with Crippen LogP contribution >= 0.6 is 11.6 Å². The molecule has 0 unspecified atom stereocenters. The number of hydrogen-bond donors (Lipinski definition) is 0. The largest absolute Gasteiger partial charge is 0.497 e. The quantitative estimate of drug-likeness (QED) is 0.517. The fourth-order valence-electron chi connectivity index (χ4n) is 2.43. The number of methoxy groups -OCH3 is 1. The minimum Gasteiger partial charge on any atom is -0.497 e. The Morgan fingerprint density at radius 3 is 2.57 bits per heavy atom. The van der Waals surface area contributed by atoms with Gasteiger partial charge in [0.1, 0.15) is 11.5 Å². The summed E-state index contributed by atoms with van der Waals surface area (Å²) in [6.45, 7) is 0. The molecule has 23 heavy (non-hydrogen) atoms. The van der Waals surface area contributed by atoms with Crippen LogP contribution in [0.4, 0.5) is 0 Å². The van der Waals surface area contributed by atoms with E-state index >= 15 is 0 Å². The molecule has 0 aliphatic carbocycles. The molecule has 0 aromatic heterocycles. The first kappa shape index (κ1) is 15.4. The van der Waals surface area contributed by atoms with E-state index in [1.807, 2.05) is 48.5 Å². The Morgan fingerprint density at radius 2 is 1.78 bits per heavy atom. The summed E-state index contributed by atoms with van der Waals surface area (Å²) in [5.41, 5.74) is 0.840. The molecule has 0 N–H and O–H groups in total. The predicted molar refractivity (Wildman–Crippen MR) is 91.3 cm³/mol. The van der Waals surface area contributed by atoms with Crippen molar-refractivity contribution in [2.24, 2.45) is 0 Å². The average Bonchev–Trinajstić information content (AvgIpc) is 2.58. The Morgan fingerprint density at radius 1 is 1.00 bits per heavy atom. The van der Waals surface area contributed by atoms with Crippen molar-refractivity contribution in [1.29, 1.82) is 0 Å². The Balaban J connectivity index is 1.82. The number of carbonyl (C=O) groups excluding carboxylic acids is 1. The number of halogens is 1. The van der Waals surface area contributed by atoms with Gasteiger partial charge in [-0.1, -0.05) is 48.0 Å². The van der Waals surface area contributed by atoms with E-state index in [0.29, 0.717) is 16.5 Å². The van der Waals surface area contributed by atoms with Crippen LogP contribution in [0, 0.1) is 0 Å². The molecule has 4 heteroatoms. The second kappa shape index (κ2) is 6.71.